The average Bonchev–Trinajstić information content (AvgIpc) is 2.97. The zero-order valence-corrected chi connectivity index (χ0v) is 12.5. The highest BCUT2D eigenvalue weighted by Gasteiger charge is 2.11. The number of carbonyl (C=O) groups excluding carboxylic acids is 1. The number of carbonyl (C=O) groups is 1. The van der Waals surface area contributed by atoms with Gasteiger partial charge >= 0.3 is 6.09 Å². The molecule has 5 nitrogen and oxygen atoms in total. The van der Waals surface area contributed by atoms with Gasteiger partial charge in [-0.3, -0.25) is 5.32 Å². The number of ether oxygens (including phenoxy) is 2. The molecule has 3 rings (SSSR count). The van der Waals surface area contributed by atoms with Crippen LogP contribution in [0, 0.1) is 5.82 Å². The van der Waals surface area contributed by atoms with Crippen molar-refractivity contribution in [3.05, 3.63) is 66.6 Å². The summed E-state index contributed by atoms with van der Waals surface area (Å²) in [7, 11) is 0. The third-order valence-electron chi connectivity index (χ3n) is 2.69. The monoisotopic (exact) mass is 330 g/mol. The molecular weight excluding hydrogens is 319 g/mol. The lowest BCUT2D eigenvalue weighted by atomic mass is 10.3. The van der Waals surface area contributed by atoms with E-state index < -0.39 is 11.9 Å². The van der Waals surface area contributed by atoms with Crippen LogP contribution in [0.15, 0.2) is 60.8 Å². The van der Waals surface area contributed by atoms with Crippen LogP contribution in [0.4, 0.5) is 14.3 Å². The Morgan fingerprint density at radius 3 is 2.61 bits per heavy atom. The molecule has 0 saturated heterocycles. The van der Waals surface area contributed by atoms with E-state index in [2.05, 4.69) is 10.3 Å². The molecule has 0 unspecified atom stereocenters. The minimum absolute atomic E-state index is 0.0922. The molecule has 0 radical (unpaired) electrons. The predicted molar refractivity (Wildman–Crippen MR) is 84.7 cm³/mol. The van der Waals surface area contributed by atoms with Gasteiger partial charge in [-0.15, -0.1) is 0 Å². The Hall–Kier alpha value is -2.93. The maximum Gasteiger partial charge on any atom is 0.418 e. The lowest BCUT2D eigenvalue weighted by molar-refractivity contribution is 0.215. The summed E-state index contributed by atoms with van der Waals surface area (Å²) in [4.78, 5) is 15.7. The van der Waals surface area contributed by atoms with Gasteiger partial charge in [0.05, 0.1) is 6.20 Å². The smallest absolute Gasteiger partial charge is 0.418 e. The van der Waals surface area contributed by atoms with Crippen LogP contribution in [-0.4, -0.2) is 11.1 Å². The molecule has 3 aromatic rings. The molecule has 1 aromatic heterocycles. The van der Waals surface area contributed by atoms with Crippen LogP contribution in [0.5, 0.6) is 16.6 Å². The van der Waals surface area contributed by atoms with Crippen molar-refractivity contribution >= 4 is 22.6 Å². The maximum absolute atomic E-state index is 13.5. The second kappa shape index (κ2) is 6.89. The number of halogens is 1. The summed E-state index contributed by atoms with van der Waals surface area (Å²) in [5.74, 6) is 0.0397. The number of nitrogens with zero attached hydrogens (tertiary/aromatic N) is 1. The highest BCUT2D eigenvalue weighted by atomic mass is 32.1. The molecule has 0 aliphatic carbocycles. The average molecular weight is 330 g/mol. The number of thiazole rings is 1. The predicted octanol–water partition coefficient (Wildman–Crippen LogP) is 4.69. The molecule has 0 atom stereocenters. The Morgan fingerprint density at radius 2 is 1.83 bits per heavy atom. The molecule has 116 valence electrons. The molecule has 7 heteroatoms. The maximum atomic E-state index is 13.5. The SMILES string of the molecule is O=C(Nc1ncc(Oc2ccccc2F)s1)Oc1ccccc1. The van der Waals surface area contributed by atoms with Crippen molar-refractivity contribution in [3.63, 3.8) is 0 Å². The lowest BCUT2D eigenvalue weighted by Gasteiger charge is -2.03. The summed E-state index contributed by atoms with van der Waals surface area (Å²) in [6, 6.07) is 14.7. The van der Waals surface area contributed by atoms with Crippen molar-refractivity contribution in [2.45, 2.75) is 0 Å². The third-order valence-corrected chi connectivity index (χ3v) is 3.49. The molecule has 0 spiro atoms. The van der Waals surface area contributed by atoms with Gasteiger partial charge in [0.25, 0.3) is 0 Å². The lowest BCUT2D eigenvalue weighted by Crippen LogP contribution is -2.16. The van der Waals surface area contributed by atoms with E-state index in [1.165, 1.54) is 18.3 Å². The number of hydrogen-bond acceptors (Lipinski definition) is 5. The van der Waals surface area contributed by atoms with Gasteiger partial charge in [0.2, 0.25) is 5.06 Å². The van der Waals surface area contributed by atoms with Crippen molar-refractivity contribution in [2.24, 2.45) is 0 Å². The zero-order valence-electron chi connectivity index (χ0n) is 11.7. The molecule has 1 heterocycles. The second-order valence-corrected chi connectivity index (χ2v) is 5.34. The van der Waals surface area contributed by atoms with E-state index in [9.17, 15) is 9.18 Å². The van der Waals surface area contributed by atoms with E-state index in [0.717, 1.165) is 11.3 Å². The molecule has 23 heavy (non-hydrogen) atoms. The van der Waals surface area contributed by atoms with Gasteiger partial charge in [-0.1, -0.05) is 41.7 Å². The highest BCUT2D eigenvalue weighted by Crippen LogP contribution is 2.31. The fourth-order valence-electron chi connectivity index (χ4n) is 1.71. The number of benzene rings is 2. The van der Waals surface area contributed by atoms with Gasteiger partial charge in [-0.05, 0) is 24.3 Å². The quantitative estimate of drug-likeness (QED) is 0.754. The molecule has 1 N–H and O–H groups in total. The molecule has 0 fully saturated rings. The van der Waals surface area contributed by atoms with E-state index in [4.69, 9.17) is 9.47 Å². The first-order chi connectivity index (χ1) is 11.2. The Balaban J connectivity index is 1.61. The Morgan fingerprint density at radius 1 is 1.09 bits per heavy atom. The second-order valence-electron chi connectivity index (χ2n) is 4.34. The van der Waals surface area contributed by atoms with Crippen molar-refractivity contribution in [2.75, 3.05) is 5.32 Å². The molecule has 1 amide bonds. The van der Waals surface area contributed by atoms with Gasteiger partial charge in [-0.2, -0.15) is 0 Å². The molecule has 0 bridgehead atoms. The fourth-order valence-corrected chi connectivity index (χ4v) is 2.38. The molecule has 0 aliphatic rings. The van der Waals surface area contributed by atoms with Gasteiger partial charge in [-0.25, -0.2) is 14.2 Å². The number of aromatic nitrogens is 1. The molecule has 0 aliphatic heterocycles. The standard InChI is InChI=1S/C16H11FN2O3S/c17-12-8-4-5-9-13(12)22-14-10-18-15(23-14)19-16(20)21-11-6-2-1-3-7-11/h1-10H,(H,18,19,20). The first-order valence-corrected chi connectivity index (χ1v) is 7.44. The molecular formula is C16H11FN2O3S. The van der Waals surface area contributed by atoms with Crippen LogP contribution in [0.2, 0.25) is 0 Å². The number of para-hydroxylation sites is 2. The van der Waals surface area contributed by atoms with Crippen molar-refractivity contribution < 1.29 is 18.7 Å². The summed E-state index contributed by atoms with van der Waals surface area (Å²) in [5.41, 5.74) is 0. The summed E-state index contributed by atoms with van der Waals surface area (Å²) in [6.45, 7) is 0. The normalized spacial score (nSPS) is 10.1. The van der Waals surface area contributed by atoms with Gasteiger partial charge in [0, 0.05) is 0 Å². The Kier molecular flexibility index (Phi) is 4.49. The minimum atomic E-state index is -0.664. The first-order valence-electron chi connectivity index (χ1n) is 6.63. The van der Waals surface area contributed by atoms with Crippen LogP contribution in [0.1, 0.15) is 0 Å². The third kappa shape index (κ3) is 4.04. The van der Waals surface area contributed by atoms with Crippen molar-refractivity contribution in [1.29, 1.82) is 0 Å². The van der Waals surface area contributed by atoms with E-state index in [1.807, 2.05) is 6.07 Å². The van der Waals surface area contributed by atoms with E-state index >= 15 is 0 Å². The summed E-state index contributed by atoms with van der Waals surface area (Å²) >= 11 is 1.06. The van der Waals surface area contributed by atoms with Gasteiger partial charge in [0.1, 0.15) is 5.75 Å². The van der Waals surface area contributed by atoms with Crippen molar-refractivity contribution in [3.8, 4) is 16.6 Å². The van der Waals surface area contributed by atoms with Crippen LogP contribution in [-0.2, 0) is 0 Å². The largest absolute Gasteiger partial charge is 0.442 e. The molecule has 0 saturated carbocycles. The van der Waals surface area contributed by atoms with E-state index in [1.54, 1.807) is 36.4 Å². The fraction of sp³-hybridized carbons (Fsp3) is 0. The topological polar surface area (TPSA) is 60.5 Å². The minimum Gasteiger partial charge on any atom is -0.442 e. The van der Waals surface area contributed by atoms with E-state index in [0.29, 0.717) is 10.8 Å². The zero-order chi connectivity index (χ0) is 16.1. The van der Waals surface area contributed by atoms with Gasteiger partial charge in [0.15, 0.2) is 16.7 Å². The number of rotatable bonds is 4. The van der Waals surface area contributed by atoms with E-state index in [-0.39, 0.29) is 10.9 Å². The first kappa shape index (κ1) is 15.0. The number of nitrogens with one attached hydrogen (secondary N) is 1. The van der Waals surface area contributed by atoms with Crippen LogP contribution >= 0.6 is 11.3 Å². The van der Waals surface area contributed by atoms with Gasteiger partial charge < -0.3 is 9.47 Å². The van der Waals surface area contributed by atoms with Crippen LogP contribution < -0.4 is 14.8 Å². The highest BCUT2D eigenvalue weighted by molar-refractivity contribution is 7.17. The number of hydrogen-bond donors (Lipinski definition) is 1. The van der Waals surface area contributed by atoms with Crippen molar-refractivity contribution in [1.82, 2.24) is 4.98 Å². The summed E-state index contributed by atoms with van der Waals surface area (Å²) < 4.78 is 24.0. The number of amides is 1. The summed E-state index contributed by atoms with van der Waals surface area (Å²) in [6.07, 6.45) is 0.734. The Bertz CT molecular complexity index is 808. The van der Waals surface area contributed by atoms with Crippen LogP contribution in [0.25, 0.3) is 0 Å². The summed E-state index contributed by atoms with van der Waals surface area (Å²) in [5, 5.41) is 3.12. The number of anilines is 1. The Labute approximate surface area is 135 Å². The molecule has 2 aromatic carbocycles. The van der Waals surface area contributed by atoms with Crippen LogP contribution in [0.3, 0.4) is 0 Å².